The fraction of sp³-hybridized carbons (Fsp3) is 0.267. The second-order valence-corrected chi connectivity index (χ2v) is 5.89. The van der Waals surface area contributed by atoms with Crippen LogP contribution in [-0.2, 0) is 6.54 Å². The molecule has 6 heteroatoms. The first-order chi connectivity index (χ1) is 10.2. The second kappa shape index (κ2) is 5.65. The number of benzene rings is 1. The third kappa shape index (κ3) is 2.95. The average molecular weight is 302 g/mol. The summed E-state index contributed by atoms with van der Waals surface area (Å²) in [6.07, 6.45) is 2.74. The van der Waals surface area contributed by atoms with Crippen LogP contribution >= 0.6 is 11.3 Å². The molecule has 0 amide bonds. The van der Waals surface area contributed by atoms with Gasteiger partial charge in [0, 0.05) is 24.2 Å². The van der Waals surface area contributed by atoms with E-state index in [9.17, 15) is 14.9 Å². The van der Waals surface area contributed by atoms with E-state index in [1.807, 2.05) is 11.4 Å². The summed E-state index contributed by atoms with van der Waals surface area (Å²) in [5.74, 6) is 0. The van der Waals surface area contributed by atoms with E-state index < -0.39 is 4.92 Å². The summed E-state index contributed by atoms with van der Waals surface area (Å²) in [6.45, 7) is 0.662. The minimum Gasteiger partial charge on any atom is -0.359 e. The monoisotopic (exact) mass is 302 g/mol. The molecule has 1 fully saturated rings. The molecule has 108 valence electrons. The van der Waals surface area contributed by atoms with E-state index in [2.05, 4.69) is 10.3 Å². The summed E-state index contributed by atoms with van der Waals surface area (Å²) in [5.41, 5.74) is 2.08. The molecule has 1 aromatic carbocycles. The van der Waals surface area contributed by atoms with Crippen molar-refractivity contribution in [3.63, 3.8) is 0 Å². The Balaban J connectivity index is 1.98. The van der Waals surface area contributed by atoms with Crippen LogP contribution in [0.5, 0.6) is 0 Å². The van der Waals surface area contributed by atoms with Crippen molar-refractivity contribution in [1.29, 1.82) is 0 Å². The second-order valence-electron chi connectivity index (χ2n) is 5.11. The molecule has 0 atom stereocenters. The molecule has 2 aromatic rings. The molecule has 0 aliphatic heterocycles. The average Bonchev–Trinajstić information content (AvgIpc) is 3.21. The third-order valence-corrected chi connectivity index (χ3v) is 4.29. The zero-order chi connectivity index (χ0) is 14.8. The molecular formula is C15H14N2O3S. The highest BCUT2D eigenvalue weighted by Gasteiger charge is 2.33. The van der Waals surface area contributed by atoms with Crippen LogP contribution in [0.2, 0.25) is 0 Å². The highest BCUT2D eigenvalue weighted by atomic mass is 32.1. The highest BCUT2D eigenvalue weighted by molar-refractivity contribution is 7.07. The predicted molar refractivity (Wildman–Crippen MR) is 82.0 cm³/mol. The summed E-state index contributed by atoms with van der Waals surface area (Å²) >= 11 is 1.62. The Morgan fingerprint density at radius 3 is 2.76 bits per heavy atom. The summed E-state index contributed by atoms with van der Waals surface area (Å²) in [5, 5.41) is 15.4. The topological polar surface area (TPSA) is 63.5 Å². The van der Waals surface area contributed by atoms with Crippen LogP contribution in [0.1, 0.15) is 28.8 Å². The molecule has 5 nitrogen and oxygen atoms in total. The van der Waals surface area contributed by atoms with Gasteiger partial charge in [-0.15, -0.1) is 0 Å². The summed E-state index contributed by atoms with van der Waals surface area (Å²) in [7, 11) is 0. The van der Waals surface area contributed by atoms with Gasteiger partial charge in [0.25, 0.3) is 5.69 Å². The minimum atomic E-state index is -0.411. The Bertz CT molecular complexity index is 666. The van der Waals surface area contributed by atoms with Crippen molar-refractivity contribution < 1.29 is 9.72 Å². The molecule has 0 radical (unpaired) electrons. The standard InChI is InChI=1S/C15H14N2O3S/c18-9-11-1-4-14(15(7-11)17(19)20)16(13-2-3-13)8-12-5-6-21-10-12/h1,4-7,9-10,13H,2-3,8H2. The van der Waals surface area contributed by atoms with Crippen LogP contribution in [0.25, 0.3) is 0 Å². The van der Waals surface area contributed by atoms with Gasteiger partial charge in [0.05, 0.1) is 4.92 Å². The SMILES string of the molecule is O=Cc1ccc(N(Cc2ccsc2)C2CC2)c([N+](=O)[O-])c1. The van der Waals surface area contributed by atoms with Gasteiger partial charge in [-0.2, -0.15) is 11.3 Å². The molecule has 1 aromatic heterocycles. The lowest BCUT2D eigenvalue weighted by Crippen LogP contribution is -2.25. The molecule has 0 unspecified atom stereocenters. The van der Waals surface area contributed by atoms with Gasteiger partial charge in [-0.1, -0.05) is 0 Å². The fourth-order valence-electron chi connectivity index (χ4n) is 2.38. The number of hydrogen-bond donors (Lipinski definition) is 0. The van der Waals surface area contributed by atoms with E-state index in [-0.39, 0.29) is 5.69 Å². The predicted octanol–water partition coefficient (Wildman–Crippen LogP) is 3.64. The normalized spacial score (nSPS) is 13.9. The van der Waals surface area contributed by atoms with E-state index >= 15 is 0 Å². The number of nitro groups is 1. The zero-order valence-electron chi connectivity index (χ0n) is 11.3. The van der Waals surface area contributed by atoms with Gasteiger partial charge >= 0.3 is 0 Å². The Kier molecular flexibility index (Phi) is 3.70. The number of nitrogens with zero attached hydrogens (tertiary/aromatic N) is 2. The summed E-state index contributed by atoms with van der Waals surface area (Å²) in [4.78, 5) is 23.8. The van der Waals surface area contributed by atoms with Crippen LogP contribution in [0, 0.1) is 10.1 Å². The number of rotatable bonds is 6. The maximum Gasteiger partial charge on any atom is 0.293 e. The Hall–Kier alpha value is -2.21. The number of carbonyl (C=O) groups excluding carboxylic acids is 1. The Labute approximate surface area is 126 Å². The Morgan fingerprint density at radius 1 is 1.38 bits per heavy atom. The first-order valence-corrected chi connectivity index (χ1v) is 7.64. The van der Waals surface area contributed by atoms with E-state index in [0.717, 1.165) is 18.4 Å². The van der Waals surface area contributed by atoms with Crippen molar-refractivity contribution in [3.05, 3.63) is 56.3 Å². The quantitative estimate of drug-likeness (QED) is 0.464. The highest BCUT2D eigenvalue weighted by Crippen LogP contribution is 2.38. The molecular weight excluding hydrogens is 288 g/mol. The van der Waals surface area contributed by atoms with Crippen molar-refractivity contribution in [2.24, 2.45) is 0 Å². The van der Waals surface area contributed by atoms with Gasteiger partial charge in [-0.05, 0) is 47.4 Å². The number of anilines is 1. The van der Waals surface area contributed by atoms with Crippen LogP contribution in [0.3, 0.4) is 0 Å². The number of aldehydes is 1. The zero-order valence-corrected chi connectivity index (χ0v) is 12.1. The molecule has 0 saturated heterocycles. The number of hydrogen-bond acceptors (Lipinski definition) is 5. The number of thiophene rings is 1. The van der Waals surface area contributed by atoms with Gasteiger partial charge in [-0.25, -0.2) is 0 Å². The van der Waals surface area contributed by atoms with Crippen molar-refractivity contribution >= 4 is 29.0 Å². The summed E-state index contributed by atoms with van der Waals surface area (Å²) < 4.78 is 0. The number of carbonyl (C=O) groups is 1. The molecule has 1 aliphatic carbocycles. The largest absolute Gasteiger partial charge is 0.359 e. The van der Waals surface area contributed by atoms with Gasteiger partial charge < -0.3 is 4.90 Å². The fourth-order valence-corrected chi connectivity index (χ4v) is 3.04. The van der Waals surface area contributed by atoms with E-state index in [0.29, 0.717) is 30.1 Å². The molecule has 1 saturated carbocycles. The van der Waals surface area contributed by atoms with Gasteiger partial charge in [0.2, 0.25) is 0 Å². The third-order valence-electron chi connectivity index (χ3n) is 3.56. The van der Waals surface area contributed by atoms with Gasteiger partial charge in [0.1, 0.15) is 12.0 Å². The van der Waals surface area contributed by atoms with Crippen molar-refractivity contribution in [1.82, 2.24) is 0 Å². The van der Waals surface area contributed by atoms with Gasteiger partial charge in [-0.3, -0.25) is 14.9 Å². The lowest BCUT2D eigenvalue weighted by Gasteiger charge is -2.24. The van der Waals surface area contributed by atoms with Crippen molar-refractivity contribution in [2.45, 2.75) is 25.4 Å². The molecule has 3 rings (SSSR count). The molecule has 21 heavy (non-hydrogen) atoms. The smallest absolute Gasteiger partial charge is 0.293 e. The minimum absolute atomic E-state index is 0.00160. The molecule has 1 heterocycles. The van der Waals surface area contributed by atoms with E-state index in [1.165, 1.54) is 6.07 Å². The van der Waals surface area contributed by atoms with Crippen LogP contribution in [-0.4, -0.2) is 17.3 Å². The molecule has 1 aliphatic rings. The van der Waals surface area contributed by atoms with Gasteiger partial charge in [0.15, 0.2) is 0 Å². The van der Waals surface area contributed by atoms with Crippen LogP contribution in [0.15, 0.2) is 35.0 Å². The van der Waals surface area contributed by atoms with Crippen molar-refractivity contribution in [3.8, 4) is 0 Å². The van der Waals surface area contributed by atoms with E-state index in [4.69, 9.17) is 0 Å². The van der Waals surface area contributed by atoms with Crippen LogP contribution in [0.4, 0.5) is 11.4 Å². The lowest BCUT2D eigenvalue weighted by atomic mass is 10.1. The molecule has 0 spiro atoms. The maximum absolute atomic E-state index is 11.3. The molecule has 0 N–H and O–H groups in total. The first-order valence-electron chi connectivity index (χ1n) is 6.70. The number of nitro benzene ring substituents is 1. The van der Waals surface area contributed by atoms with E-state index in [1.54, 1.807) is 23.5 Å². The lowest BCUT2D eigenvalue weighted by molar-refractivity contribution is -0.384. The maximum atomic E-state index is 11.3. The van der Waals surface area contributed by atoms with Crippen LogP contribution < -0.4 is 4.90 Å². The summed E-state index contributed by atoms with van der Waals surface area (Å²) in [6, 6.07) is 7.06. The molecule has 0 bridgehead atoms. The Morgan fingerprint density at radius 2 is 2.19 bits per heavy atom. The first kappa shape index (κ1) is 13.8. The van der Waals surface area contributed by atoms with Crippen molar-refractivity contribution in [2.75, 3.05) is 4.90 Å².